The lowest BCUT2D eigenvalue weighted by Crippen LogP contribution is -2.44. The van der Waals surface area contributed by atoms with E-state index in [1.54, 1.807) is 11.0 Å². The van der Waals surface area contributed by atoms with Crippen LogP contribution in [0.5, 0.6) is 0 Å². The summed E-state index contributed by atoms with van der Waals surface area (Å²) in [5.74, 6) is -0.395. The Balaban J connectivity index is 1.57. The van der Waals surface area contributed by atoms with Gasteiger partial charge in [0, 0.05) is 32.3 Å². The zero-order valence-electron chi connectivity index (χ0n) is 16.5. The third kappa shape index (κ3) is 5.05. The molecule has 1 saturated heterocycles. The lowest BCUT2D eigenvalue weighted by molar-refractivity contribution is 0.123. The summed E-state index contributed by atoms with van der Waals surface area (Å²) in [5.41, 5.74) is 0.291. The molecule has 0 saturated carbocycles. The molecule has 0 unspecified atom stereocenters. The smallest absolute Gasteiger partial charge is 0.321 e. The van der Waals surface area contributed by atoms with Crippen LogP contribution in [0.2, 0.25) is 0 Å². The fourth-order valence-corrected chi connectivity index (χ4v) is 4.62. The standard InChI is InChI=1S/C19H21F3N6OS/c1-19(22,30-15-11-27(2)26-16(15)17(20)21)12-5-7-28(8-6-12)18(29)25-14-4-3-13(9-23)24-10-14/h3-4,10-12,17H,5-8H2,1-2H3,(H,25,29)/t19-/m1/s1. The summed E-state index contributed by atoms with van der Waals surface area (Å²) < 4.78 is 42.9. The molecule has 1 atom stereocenters. The first kappa shape index (κ1) is 22.0. The van der Waals surface area contributed by atoms with Crippen LogP contribution in [0.25, 0.3) is 0 Å². The number of carbonyl (C=O) groups is 1. The summed E-state index contributed by atoms with van der Waals surface area (Å²) in [6.45, 7) is 2.08. The molecule has 11 heteroatoms. The molecule has 3 rings (SSSR count). The van der Waals surface area contributed by atoms with E-state index in [2.05, 4.69) is 15.4 Å². The number of hydrogen-bond donors (Lipinski definition) is 1. The lowest BCUT2D eigenvalue weighted by Gasteiger charge is -2.37. The van der Waals surface area contributed by atoms with Gasteiger partial charge in [0.2, 0.25) is 0 Å². The van der Waals surface area contributed by atoms with Crippen LogP contribution >= 0.6 is 11.8 Å². The summed E-state index contributed by atoms with van der Waals surface area (Å²) in [6.07, 6.45) is 0.837. The van der Waals surface area contributed by atoms with Crippen molar-refractivity contribution in [3.8, 4) is 6.07 Å². The quantitative estimate of drug-likeness (QED) is 0.702. The van der Waals surface area contributed by atoms with Crippen LogP contribution in [0.4, 0.5) is 23.7 Å². The molecule has 1 aliphatic rings. The van der Waals surface area contributed by atoms with Crippen molar-refractivity contribution >= 4 is 23.5 Å². The van der Waals surface area contributed by atoms with E-state index < -0.39 is 23.0 Å². The first-order valence-electron chi connectivity index (χ1n) is 9.31. The zero-order valence-corrected chi connectivity index (χ0v) is 17.3. The number of hydrogen-bond acceptors (Lipinski definition) is 5. The Labute approximate surface area is 176 Å². The summed E-state index contributed by atoms with van der Waals surface area (Å²) in [5, 5.41) is 13.4. The highest BCUT2D eigenvalue weighted by molar-refractivity contribution is 8.00. The van der Waals surface area contributed by atoms with Gasteiger partial charge in [-0.3, -0.25) is 4.68 Å². The van der Waals surface area contributed by atoms with Crippen LogP contribution in [0.1, 0.15) is 37.6 Å². The van der Waals surface area contributed by atoms with E-state index in [4.69, 9.17) is 5.26 Å². The Kier molecular flexibility index (Phi) is 6.55. The maximum Gasteiger partial charge on any atom is 0.321 e. The number of amides is 2. The molecule has 0 radical (unpaired) electrons. The van der Waals surface area contributed by atoms with E-state index in [-0.39, 0.29) is 16.6 Å². The van der Waals surface area contributed by atoms with Gasteiger partial charge in [-0.15, -0.1) is 0 Å². The summed E-state index contributed by atoms with van der Waals surface area (Å²) in [7, 11) is 1.52. The third-order valence-corrected chi connectivity index (χ3v) is 6.25. The van der Waals surface area contributed by atoms with Crippen molar-refractivity contribution in [3.63, 3.8) is 0 Å². The number of alkyl halides is 3. The van der Waals surface area contributed by atoms with Crippen LogP contribution in [0.15, 0.2) is 29.4 Å². The number of nitrogens with one attached hydrogen (secondary N) is 1. The van der Waals surface area contributed by atoms with Crippen molar-refractivity contribution in [1.82, 2.24) is 19.7 Å². The molecule has 1 N–H and O–H groups in total. The number of aryl methyl sites for hydroxylation is 1. The van der Waals surface area contributed by atoms with Crippen molar-refractivity contribution < 1.29 is 18.0 Å². The molecule has 3 heterocycles. The topological polar surface area (TPSA) is 86.8 Å². The number of likely N-dealkylation sites (tertiary alicyclic amines) is 1. The number of urea groups is 1. The predicted octanol–water partition coefficient (Wildman–Crippen LogP) is 4.35. The molecule has 1 fully saturated rings. The average Bonchev–Trinajstić information content (AvgIpc) is 3.08. The van der Waals surface area contributed by atoms with E-state index in [1.807, 2.05) is 6.07 Å². The molecule has 2 aromatic heterocycles. The van der Waals surface area contributed by atoms with Gasteiger partial charge in [-0.05, 0) is 31.9 Å². The molecule has 1 aliphatic heterocycles. The normalized spacial score (nSPS) is 16.9. The number of nitriles is 1. The number of carbonyl (C=O) groups excluding carboxylic acids is 1. The number of nitrogens with zero attached hydrogens (tertiary/aromatic N) is 5. The molecule has 0 aliphatic carbocycles. The SMILES string of the molecule is Cn1cc(S[C@@](C)(F)C2CCN(C(=O)Nc3ccc(C#N)nc3)CC2)c(C(F)F)n1. The predicted molar refractivity (Wildman–Crippen MR) is 106 cm³/mol. The second-order valence-electron chi connectivity index (χ2n) is 7.18. The van der Waals surface area contributed by atoms with Gasteiger partial charge < -0.3 is 10.2 Å². The van der Waals surface area contributed by atoms with E-state index in [1.165, 1.54) is 37.1 Å². The molecule has 0 spiro atoms. The van der Waals surface area contributed by atoms with E-state index in [0.29, 0.717) is 31.6 Å². The first-order valence-corrected chi connectivity index (χ1v) is 10.1. The highest BCUT2D eigenvalue weighted by Crippen LogP contribution is 2.46. The van der Waals surface area contributed by atoms with Crippen LogP contribution in [-0.4, -0.2) is 43.8 Å². The zero-order chi connectivity index (χ0) is 21.9. The lowest BCUT2D eigenvalue weighted by atomic mass is 9.92. The molecule has 2 amide bonds. The Morgan fingerprint density at radius 1 is 1.40 bits per heavy atom. The van der Waals surface area contributed by atoms with Crippen molar-refractivity contribution in [2.75, 3.05) is 18.4 Å². The largest absolute Gasteiger partial charge is 0.325 e. The fourth-order valence-electron chi connectivity index (χ4n) is 3.35. The molecule has 7 nitrogen and oxygen atoms in total. The molecule has 160 valence electrons. The molecule has 0 aromatic carbocycles. The Hall–Kier alpha value is -2.74. The minimum absolute atomic E-state index is 0.131. The fraction of sp³-hybridized carbons (Fsp3) is 0.474. The first-order chi connectivity index (χ1) is 14.2. The van der Waals surface area contributed by atoms with Crippen LogP contribution in [0.3, 0.4) is 0 Å². The van der Waals surface area contributed by atoms with E-state index >= 15 is 4.39 Å². The van der Waals surface area contributed by atoms with Gasteiger partial charge in [-0.1, -0.05) is 11.8 Å². The Morgan fingerprint density at radius 3 is 2.67 bits per heavy atom. The molecular weight excluding hydrogens is 417 g/mol. The van der Waals surface area contributed by atoms with Gasteiger partial charge in [0.05, 0.1) is 16.8 Å². The van der Waals surface area contributed by atoms with Crippen LogP contribution in [0, 0.1) is 17.2 Å². The number of anilines is 1. The number of thioether (sulfide) groups is 1. The van der Waals surface area contributed by atoms with E-state index in [0.717, 1.165) is 11.8 Å². The summed E-state index contributed by atoms with van der Waals surface area (Å²) in [4.78, 5) is 18.0. The highest BCUT2D eigenvalue weighted by Gasteiger charge is 2.40. The third-order valence-electron chi connectivity index (χ3n) is 4.98. The number of piperidine rings is 1. The summed E-state index contributed by atoms with van der Waals surface area (Å²) >= 11 is 0.760. The Morgan fingerprint density at radius 2 is 2.10 bits per heavy atom. The maximum absolute atomic E-state index is 15.4. The van der Waals surface area contributed by atoms with Gasteiger partial charge >= 0.3 is 6.03 Å². The average molecular weight is 438 g/mol. The molecular formula is C19H21F3N6OS. The molecule has 0 bridgehead atoms. The van der Waals surface area contributed by atoms with Crippen LogP contribution < -0.4 is 5.32 Å². The van der Waals surface area contributed by atoms with Gasteiger partial charge in [-0.2, -0.15) is 10.4 Å². The second-order valence-corrected chi connectivity index (χ2v) is 8.62. The van der Waals surface area contributed by atoms with Gasteiger partial charge in [0.15, 0.2) is 5.00 Å². The van der Waals surface area contributed by atoms with Crippen molar-refractivity contribution in [1.29, 1.82) is 5.26 Å². The van der Waals surface area contributed by atoms with Crippen molar-refractivity contribution in [2.45, 2.75) is 36.1 Å². The number of pyridine rings is 1. The van der Waals surface area contributed by atoms with Crippen molar-refractivity contribution in [3.05, 3.63) is 35.9 Å². The van der Waals surface area contributed by atoms with Gasteiger partial charge in [0.25, 0.3) is 6.43 Å². The van der Waals surface area contributed by atoms with Crippen LogP contribution in [-0.2, 0) is 7.05 Å². The number of halogens is 3. The van der Waals surface area contributed by atoms with Gasteiger partial charge in [0.1, 0.15) is 17.5 Å². The van der Waals surface area contributed by atoms with E-state index in [9.17, 15) is 13.6 Å². The minimum atomic E-state index is -2.77. The number of aromatic nitrogens is 3. The molecule has 2 aromatic rings. The van der Waals surface area contributed by atoms with Gasteiger partial charge in [-0.25, -0.2) is 22.9 Å². The minimum Gasteiger partial charge on any atom is -0.325 e. The maximum atomic E-state index is 15.4. The molecule has 30 heavy (non-hydrogen) atoms. The second kappa shape index (κ2) is 8.95. The highest BCUT2D eigenvalue weighted by atomic mass is 32.2. The van der Waals surface area contributed by atoms with Crippen molar-refractivity contribution in [2.24, 2.45) is 13.0 Å². The Bertz CT molecular complexity index is 933. The monoisotopic (exact) mass is 438 g/mol. The summed E-state index contributed by atoms with van der Waals surface area (Å²) in [6, 6.07) is 4.65. The number of rotatable bonds is 5.